The first-order chi connectivity index (χ1) is 12.3. The van der Waals surface area contributed by atoms with Gasteiger partial charge < -0.3 is 9.84 Å². The van der Waals surface area contributed by atoms with Crippen LogP contribution in [0.4, 0.5) is 5.69 Å². The van der Waals surface area contributed by atoms with Gasteiger partial charge in [-0.3, -0.25) is 4.79 Å². The maximum atomic E-state index is 13.0. The SMILES string of the molecule is Cc1ccc(NC(=O)c2c(C)noc2C)cc1S(=O)(=O)N1CCCCC1. The average Bonchev–Trinajstić information content (AvgIpc) is 2.96. The van der Waals surface area contributed by atoms with Gasteiger partial charge in [-0.1, -0.05) is 17.6 Å². The van der Waals surface area contributed by atoms with E-state index in [1.54, 1.807) is 32.9 Å². The van der Waals surface area contributed by atoms with E-state index in [-0.39, 0.29) is 10.8 Å². The third-order valence-corrected chi connectivity index (χ3v) is 6.68. The van der Waals surface area contributed by atoms with Gasteiger partial charge >= 0.3 is 0 Å². The number of anilines is 1. The quantitative estimate of drug-likeness (QED) is 0.884. The van der Waals surface area contributed by atoms with E-state index < -0.39 is 10.0 Å². The summed E-state index contributed by atoms with van der Waals surface area (Å²) in [5, 5.41) is 6.52. The van der Waals surface area contributed by atoms with Gasteiger partial charge in [-0.05, 0) is 51.3 Å². The average molecular weight is 377 g/mol. The van der Waals surface area contributed by atoms with Gasteiger partial charge in [0.25, 0.3) is 5.91 Å². The molecule has 2 aromatic rings. The van der Waals surface area contributed by atoms with E-state index in [0.29, 0.717) is 41.4 Å². The highest BCUT2D eigenvalue weighted by Crippen LogP contribution is 2.26. The molecule has 0 radical (unpaired) electrons. The van der Waals surface area contributed by atoms with Crippen LogP contribution in [0.3, 0.4) is 0 Å². The number of hydrogen-bond acceptors (Lipinski definition) is 5. The van der Waals surface area contributed by atoms with Crippen molar-refractivity contribution in [3.05, 3.63) is 40.8 Å². The molecule has 140 valence electrons. The summed E-state index contributed by atoms with van der Waals surface area (Å²) in [7, 11) is -3.57. The summed E-state index contributed by atoms with van der Waals surface area (Å²) in [5.74, 6) is 0.0553. The molecule has 0 saturated carbocycles. The Morgan fingerprint density at radius 2 is 1.85 bits per heavy atom. The van der Waals surface area contributed by atoms with Crippen molar-refractivity contribution in [1.29, 1.82) is 0 Å². The van der Waals surface area contributed by atoms with Crippen LogP contribution in [0.25, 0.3) is 0 Å². The molecule has 1 saturated heterocycles. The van der Waals surface area contributed by atoms with Crippen LogP contribution in [0.5, 0.6) is 0 Å². The third-order valence-electron chi connectivity index (χ3n) is 4.64. The largest absolute Gasteiger partial charge is 0.361 e. The van der Waals surface area contributed by atoms with Gasteiger partial charge in [-0.2, -0.15) is 4.31 Å². The number of nitrogens with zero attached hydrogens (tertiary/aromatic N) is 2. The number of carbonyl (C=O) groups is 1. The first kappa shape index (κ1) is 18.6. The van der Waals surface area contributed by atoms with Crippen molar-refractivity contribution in [2.24, 2.45) is 0 Å². The van der Waals surface area contributed by atoms with Crippen molar-refractivity contribution in [1.82, 2.24) is 9.46 Å². The highest BCUT2D eigenvalue weighted by molar-refractivity contribution is 7.89. The van der Waals surface area contributed by atoms with Crippen molar-refractivity contribution >= 4 is 21.6 Å². The predicted octanol–water partition coefficient (Wildman–Crippen LogP) is 3.03. The lowest BCUT2D eigenvalue weighted by molar-refractivity contribution is 0.102. The van der Waals surface area contributed by atoms with E-state index >= 15 is 0 Å². The number of benzene rings is 1. The second-order valence-electron chi connectivity index (χ2n) is 6.60. The third kappa shape index (κ3) is 3.52. The Labute approximate surface area is 153 Å². The molecule has 1 aliphatic heterocycles. The van der Waals surface area contributed by atoms with Crippen LogP contribution in [-0.2, 0) is 10.0 Å². The number of carbonyl (C=O) groups excluding carboxylic acids is 1. The Bertz CT molecular complexity index is 908. The molecule has 1 amide bonds. The van der Waals surface area contributed by atoms with E-state index in [9.17, 15) is 13.2 Å². The molecular weight excluding hydrogens is 354 g/mol. The summed E-state index contributed by atoms with van der Waals surface area (Å²) in [6.07, 6.45) is 2.81. The molecule has 1 aromatic carbocycles. The standard InChI is InChI=1S/C18H23N3O4S/c1-12-7-8-15(19-18(22)17-13(2)20-25-14(17)3)11-16(12)26(23,24)21-9-5-4-6-10-21/h7-8,11H,4-6,9-10H2,1-3H3,(H,19,22). The van der Waals surface area contributed by atoms with E-state index in [4.69, 9.17) is 4.52 Å². The fourth-order valence-electron chi connectivity index (χ4n) is 3.20. The maximum absolute atomic E-state index is 13.0. The number of hydrogen-bond donors (Lipinski definition) is 1. The maximum Gasteiger partial charge on any atom is 0.261 e. The van der Waals surface area contributed by atoms with Crippen molar-refractivity contribution in [3.8, 4) is 0 Å². The summed E-state index contributed by atoms with van der Waals surface area (Å²) in [6.45, 7) is 6.19. The lowest BCUT2D eigenvalue weighted by atomic mass is 10.1. The van der Waals surface area contributed by atoms with Crippen LogP contribution in [0.2, 0.25) is 0 Å². The Hall–Kier alpha value is -2.19. The van der Waals surface area contributed by atoms with Crippen LogP contribution in [0.15, 0.2) is 27.6 Å². The number of sulfonamides is 1. The van der Waals surface area contributed by atoms with Gasteiger partial charge in [-0.25, -0.2) is 8.42 Å². The molecule has 3 rings (SSSR count). The van der Waals surface area contributed by atoms with E-state index in [1.807, 2.05) is 0 Å². The van der Waals surface area contributed by atoms with Crippen LogP contribution < -0.4 is 5.32 Å². The van der Waals surface area contributed by atoms with Crippen molar-refractivity contribution in [2.75, 3.05) is 18.4 Å². The van der Waals surface area contributed by atoms with Crippen LogP contribution in [-0.4, -0.2) is 36.9 Å². The molecule has 0 aliphatic carbocycles. The summed E-state index contributed by atoms with van der Waals surface area (Å²) in [5.41, 5.74) is 1.95. The number of aryl methyl sites for hydroxylation is 3. The molecule has 1 aromatic heterocycles. The van der Waals surface area contributed by atoms with Crippen molar-refractivity contribution in [2.45, 2.75) is 44.9 Å². The van der Waals surface area contributed by atoms with Gasteiger partial charge in [0.15, 0.2) is 0 Å². The zero-order valence-corrected chi connectivity index (χ0v) is 16.0. The normalized spacial score (nSPS) is 15.8. The molecule has 1 aliphatic rings. The molecule has 0 spiro atoms. The Kier molecular flexibility index (Phi) is 5.15. The minimum Gasteiger partial charge on any atom is -0.361 e. The van der Waals surface area contributed by atoms with E-state index in [0.717, 1.165) is 19.3 Å². The fraction of sp³-hybridized carbons (Fsp3) is 0.444. The summed E-state index contributed by atoms with van der Waals surface area (Å²) in [6, 6.07) is 4.93. The molecule has 8 heteroatoms. The number of aromatic nitrogens is 1. The monoisotopic (exact) mass is 377 g/mol. The molecular formula is C18H23N3O4S. The van der Waals surface area contributed by atoms with E-state index in [1.165, 1.54) is 10.4 Å². The van der Waals surface area contributed by atoms with Gasteiger partial charge in [-0.15, -0.1) is 0 Å². The zero-order chi connectivity index (χ0) is 18.9. The molecule has 2 heterocycles. The molecule has 26 heavy (non-hydrogen) atoms. The van der Waals surface area contributed by atoms with Crippen LogP contribution >= 0.6 is 0 Å². The fourth-order valence-corrected chi connectivity index (χ4v) is 4.97. The van der Waals surface area contributed by atoms with Gasteiger partial charge in [0.05, 0.1) is 10.6 Å². The Balaban J connectivity index is 1.89. The first-order valence-corrected chi connectivity index (χ1v) is 10.1. The minimum atomic E-state index is -3.57. The Morgan fingerprint density at radius 3 is 2.46 bits per heavy atom. The van der Waals surface area contributed by atoms with Gasteiger partial charge in [0, 0.05) is 18.8 Å². The number of piperidine rings is 1. The number of nitrogens with one attached hydrogen (secondary N) is 1. The van der Waals surface area contributed by atoms with Gasteiger partial charge in [0.1, 0.15) is 11.3 Å². The molecule has 0 atom stereocenters. The summed E-state index contributed by atoms with van der Waals surface area (Å²) in [4.78, 5) is 12.7. The number of amides is 1. The second-order valence-corrected chi connectivity index (χ2v) is 8.50. The van der Waals surface area contributed by atoms with Crippen molar-refractivity contribution in [3.63, 3.8) is 0 Å². The lowest BCUT2D eigenvalue weighted by Gasteiger charge is -2.26. The topological polar surface area (TPSA) is 92.5 Å². The predicted molar refractivity (Wildman–Crippen MR) is 97.7 cm³/mol. The van der Waals surface area contributed by atoms with Gasteiger partial charge in [0.2, 0.25) is 10.0 Å². The molecule has 0 unspecified atom stereocenters. The second kappa shape index (κ2) is 7.20. The Morgan fingerprint density at radius 1 is 1.15 bits per heavy atom. The van der Waals surface area contributed by atoms with Crippen LogP contribution in [0, 0.1) is 20.8 Å². The first-order valence-electron chi connectivity index (χ1n) is 8.65. The molecule has 1 fully saturated rings. The highest BCUT2D eigenvalue weighted by atomic mass is 32.2. The van der Waals surface area contributed by atoms with Crippen LogP contribution in [0.1, 0.15) is 46.6 Å². The molecule has 1 N–H and O–H groups in total. The molecule has 0 bridgehead atoms. The van der Waals surface area contributed by atoms with E-state index in [2.05, 4.69) is 10.5 Å². The molecule has 7 nitrogen and oxygen atoms in total. The smallest absolute Gasteiger partial charge is 0.261 e. The summed E-state index contributed by atoms with van der Waals surface area (Å²) >= 11 is 0. The zero-order valence-electron chi connectivity index (χ0n) is 15.2. The minimum absolute atomic E-state index is 0.232. The summed E-state index contributed by atoms with van der Waals surface area (Å²) < 4.78 is 32.5. The van der Waals surface area contributed by atoms with Crippen molar-refractivity contribution < 1.29 is 17.7 Å². The lowest BCUT2D eigenvalue weighted by Crippen LogP contribution is -2.36. The highest BCUT2D eigenvalue weighted by Gasteiger charge is 2.28. The number of rotatable bonds is 4.